The zero-order chi connectivity index (χ0) is 35.1. The van der Waals surface area contributed by atoms with Crippen LogP contribution in [0.15, 0.2) is 60.7 Å². The predicted molar refractivity (Wildman–Crippen MR) is 188 cm³/mol. The van der Waals surface area contributed by atoms with Gasteiger partial charge in [0.1, 0.15) is 17.4 Å². The number of anilines is 1. The Kier molecular flexibility index (Phi) is 12.0. The fourth-order valence-corrected chi connectivity index (χ4v) is 5.67. The number of piperidine rings is 1. The Balaban J connectivity index is 0.000000682. The summed E-state index contributed by atoms with van der Waals surface area (Å²) in [5.74, 6) is -0.0241. The molecule has 3 aliphatic rings. The second kappa shape index (κ2) is 15.7. The van der Waals surface area contributed by atoms with Crippen molar-refractivity contribution < 1.29 is 28.9 Å². The normalized spacial score (nSPS) is 16.5. The molecule has 48 heavy (non-hydrogen) atoms. The molecule has 1 saturated heterocycles. The minimum atomic E-state index is -0.911. The number of aromatic nitrogens is 3. The topological polar surface area (TPSA) is 109 Å². The van der Waals surface area contributed by atoms with Crippen LogP contribution in [0.25, 0.3) is 28.0 Å². The van der Waals surface area contributed by atoms with Crippen molar-refractivity contribution in [2.24, 2.45) is 0 Å². The number of ether oxygens (including phenoxy) is 2. The van der Waals surface area contributed by atoms with Gasteiger partial charge in [0.2, 0.25) is 0 Å². The summed E-state index contributed by atoms with van der Waals surface area (Å²) in [5, 5.41) is 23.2. The Bertz CT molecular complexity index is 1730. The van der Waals surface area contributed by atoms with Crippen LogP contribution >= 0.6 is 0 Å². The number of fused-ring (bicyclic) bond motifs is 7. The maximum atomic E-state index is 14.2. The van der Waals surface area contributed by atoms with Crippen molar-refractivity contribution in [1.29, 1.82) is 0 Å². The van der Waals surface area contributed by atoms with E-state index in [4.69, 9.17) is 24.7 Å². The highest BCUT2D eigenvalue weighted by Gasteiger charge is 2.33. The van der Waals surface area contributed by atoms with Gasteiger partial charge in [-0.2, -0.15) is 9.61 Å². The molecule has 6 bridgehead atoms. The largest absolute Gasteiger partial charge is 0.493 e. The number of rotatable bonds is 2. The molecule has 2 N–H and O–H groups in total. The van der Waals surface area contributed by atoms with E-state index >= 15 is 0 Å². The minimum Gasteiger partial charge on any atom is -0.493 e. The van der Waals surface area contributed by atoms with Crippen LogP contribution in [0.1, 0.15) is 72.1 Å². The zero-order valence-corrected chi connectivity index (χ0v) is 29.2. The van der Waals surface area contributed by atoms with Gasteiger partial charge in [-0.25, -0.2) is 9.37 Å². The summed E-state index contributed by atoms with van der Waals surface area (Å²) in [5.41, 5.74) is 4.43. The van der Waals surface area contributed by atoms with Gasteiger partial charge in [-0.1, -0.05) is 44.2 Å². The highest BCUT2D eigenvalue weighted by atomic mass is 19.1. The van der Waals surface area contributed by atoms with Gasteiger partial charge in [0.05, 0.1) is 36.5 Å². The average Bonchev–Trinajstić information content (AvgIpc) is 3.45. The van der Waals surface area contributed by atoms with Gasteiger partial charge in [-0.3, -0.25) is 4.79 Å². The third-order valence-corrected chi connectivity index (χ3v) is 7.98. The molecule has 2 aromatic heterocycles. The molecule has 9 nitrogen and oxygen atoms in total. The van der Waals surface area contributed by atoms with E-state index in [2.05, 4.69) is 11.8 Å². The van der Waals surface area contributed by atoms with Gasteiger partial charge in [0, 0.05) is 47.6 Å². The summed E-state index contributed by atoms with van der Waals surface area (Å²) in [6, 6.07) is 14.4. The van der Waals surface area contributed by atoms with E-state index < -0.39 is 11.6 Å². The highest BCUT2D eigenvalue weighted by Crippen LogP contribution is 2.36. The minimum absolute atomic E-state index is 0.142. The number of benzene rings is 2. The fraction of sp³-hybridized carbons (Fsp3) is 0.447. The first kappa shape index (κ1) is 36.6. The summed E-state index contributed by atoms with van der Waals surface area (Å²) in [6.07, 6.45) is 6.14. The van der Waals surface area contributed by atoms with Crippen molar-refractivity contribution in [3.8, 4) is 28.1 Å². The molecule has 0 saturated carbocycles. The summed E-state index contributed by atoms with van der Waals surface area (Å²) in [6.45, 7) is 15.5. The average molecular weight is 661 g/mol. The SMILES string of the molecule is CC.CC(C)(C)O.Cc1nc2cc3nn2c(c1CC(=O)O)N1CCC(C)(CC1)OC/C=C\CCOc1cc(F)ccc1-c1cccc-3c1. The third kappa shape index (κ3) is 9.41. The van der Waals surface area contributed by atoms with Crippen LogP contribution in [0.5, 0.6) is 5.75 Å². The summed E-state index contributed by atoms with van der Waals surface area (Å²) in [4.78, 5) is 18.9. The van der Waals surface area contributed by atoms with Gasteiger partial charge in [-0.05, 0) is 77.6 Å². The third-order valence-electron chi connectivity index (χ3n) is 7.98. The molecule has 0 amide bonds. The van der Waals surface area contributed by atoms with Crippen molar-refractivity contribution >= 4 is 17.4 Å². The molecule has 0 aliphatic carbocycles. The predicted octanol–water partition coefficient (Wildman–Crippen LogP) is 7.66. The number of hydrogen-bond donors (Lipinski definition) is 2. The van der Waals surface area contributed by atoms with E-state index in [9.17, 15) is 14.3 Å². The monoisotopic (exact) mass is 660 g/mol. The van der Waals surface area contributed by atoms with E-state index in [0.29, 0.717) is 61.1 Å². The molecule has 0 unspecified atom stereocenters. The number of halogens is 1. The number of aryl methyl sites for hydroxylation is 1. The molecule has 10 heteroatoms. The van der Waals surface area contributed by atoms with Crippen molar-refractivity contribution in [2.45, 2.75) is 85.4 Å². The highest BCUT2D eigenvalue weighted by molar-refractivity contribution is 5.78. The van der Waals surface area contributed by atoms with Gasteiger partial charge in [0.25, 0.3) is 0 Å². The van der Waals surface area contributed by atoms with Crippen LogP contribution in [0, 0.1) is 12.7 Å². The van der Waals surface area contributed by atoms with E-state index in [0.717, 1.165) is 35.3 Å². The number of aliphatic carboxylic acids is 1. The summed E-state index contributed by atoms with van der Waals surface area (Å²) < 4.78 is 28.3. The van der Waals surface area contributed by atoms with E-state index in [-0.39, 0.29) is 17.8 Å². The lowest BCUT2D eigenvalue weighted by Crippen LogP contribution is -2.45. The van der Waals surface area contributed by atoms with Gasteiger partial charge >= 0.3 is 5.97 Å². The van der Waals surface area contributed by atoms with Crippen LogP contribution in [-0.2, 0) is 16.0 Å². The van der Waals surface area contributed by atoms with E-state index in [1.165, 1.54) is 12.1 Å². The Morgan fingerprint density at radius 2 is 1.73 bits per heavy atom. The van der Waals surface area contributed by atoms with E-state index in [1.807, 2.05) is 63.3 Å². The lowest BCUT2D eigenvalue weighted by Gasteiger charge is -2.40. The van der Waals surface area contributed by atoms with Crippen LogP contribution in [0.2, 0.25) is 0 Å². The van der Waals surface area contributed by atoms with Gasteiger partial charge in [-0.15, -0.1) is 0 Å². The Hall–Kier alpha value is -4.28. The van der Waals surface area contributed by atoms with Crippen molar-refractivity contribution in [2.75, 3.05) is 31.2 Å². The summed E-state index contributed by atoms with van der Waals surface area (Å²) in [7, 11) is 0. The number of carboxylic acids is 1. The summed E-state index contributed by atoms with van der Waals surface area (Å²) >= 11 is 0. The molecule has 4 aromatic rings. The van der Waals surface area contributed by atoms with Crippen LogP contribution in [0.4, 0.5) is 10.2 Å². The lowest BCUT2D eigenvalue weighted by molar-refractivity contribution is -0.136. The van der Waals surface area contributed by atoms with Crippen molar-refractivity contribution in [1.82, 2.24) is 14.6 Å². The first-order valence-corrected chi connectivity index (χ1v) is 16.7. The Labute approximate surface area is 283 Å². The molecule has 1 fully saturated rings. The van der Waals surface area contributed by atoms with Crippen molar-refractivity contribution in [3.05, 3.63) is 77.8 Å². The van der Waals surface area contributed by atoms with Crippen LogP contribution in [-0.4, -0.2) is 68.3 Å². The smallest absolute Gasteiger partial charge is 0.308 e. The molecule has 3 aliphatic heterocycles. The maximum absolute atomic E-state index is 14.2. The molecule has 0 spiro atoms. The Morgan fingerprint density at radius 3 is 2.42 bits per heavy atom. The number of carbonyl (C=O) groups is 1. The molecule has 7 rings (SSSR count). The molecule has 0 atom stereocenters. The first-order valence-electron chi connectivity index (χ1n) is 16.7. The van der Waals surface area contributed by atoms with E-state index in [1.54, 1.807) is 31.4 Å². The quantitative estimate of drug-likeness (QED) is 0.211. The second-order valence-corrected chi connectivity index (χ2v) is 13.1. The van der Waals surface area contributed by atoms with Crippen molar-refractivity contribution in [3.63, 3.8) is 0 Å². The molecular formula is C38H49FN4O5. The van der Waals surface area contributed by atoms with Gasteiger partial charge < -0.3 is 24.6 Å². The second-order valence-electron chi connectivity index (χ2n) is 13.1. The van der Waals surface area contributed by atoms with Crippen LogP contribution < -0.4 is 9.64 Å². The molecule has 258 valence electrons. The first-order chi connectivity index (χ1) is 22.8. The van der Waals surface area contributed by atoms with Crippen LogP contribution in [0.3, 0.4) is 0 Å². The maximum Gasteiger partial charge on any atom is 0.308 e. The molecular weight excluding hydrogens is 611 g/mol. The fourth-order valence-electron chi connectivity index (χ4n) is 5.67. The molecule has 0 radical (unpaired) electrons. The standard InChI is InChI=1S/C32H33FN4O4.C4H10O.C2H6/c1-21-26(19-30(38)39)31-36-13-11-32(2,12-14-36)41-16-5-3-4-15-40-28-18-24(33)9-10-25(28)22-7-6-8-23(17-22)27-20-29(34-21)37(31)35-27;1-4(2,3)5;1-2/h3,5-10,17-18,20H,4,11-16,19H2,1-2H3,(H,38,39);5H,1-3H3;1-2H3/b5-3-;;. The number of nitrogens with zero attached hydrogens (tertiary/aromatic N) is 4. The van der Waals surface area contributed by atoms with Gasteiger partial charge in [0.15, 0.2) is 5.65 Å². The lowest BCUT2D eigenvalue weighted by atomic mass is 9.93. The zero-order valence-electron chi connectivity index (χ0n) is 29.2. The Morgan fingerprint density at radius 1 is 1.04 bits per heavy atom. The molecule has 5 heterocycles. The number of hydrogen-bond acceptors (Lipinski definition) is 7. The molecule has 2 aromatic carbocycles. The number of aliphatic hydroxyl groups is 1. The number of carboxylic acid groups (broad SMARTS) is 1.